The molecule has 33 heavy (non-hydrogen) atoms. The monoisotopic (exact) mass is 477 g/mol. The van der Waals surface area contributed by atoms with Crippen molar-refractivity contribution in [1.29, 1.82) is 0 Å². The largest absolute Gasteiger partial charge is 0.388 e. The standard InChI is InChI=1S/C21H43N5O7/c1-9(25-3)13-6-5-10(22)19(31-13)32-16-11(23)7-12(24)17(14(16)27)33-20-15(28)18(26-4)21(2,29)8-30-20/h9-20,25-29H,5-8,22-24H2,1-4H3/t9-,10-,11+,12-,13+,14+,15-,16-,17+,18-,19+,20-,21+/m1/s1. The van der Waals surface area contributed by atoms with Crippen LogP contribution < -0.4 is 27.8 Å². The van der Waals surface area contributed by atoms with Crippen molar-refractivity contribution >= 4 is 0 Å². The second-order valence-electron chi connectivity index (χ2n) is 9.91. The molecule has 12 nitrogen and oxygen atoms in total. The highest BCUT2D eigenvalue weighted by Crippen LogP contribution is 2.31. The van der Waals surface area contributed by atoms with Gasteiger partial charge in [-0.2, -0.15) is 0 Å². The van der Waals surface area contributed by atoms with Gasteiger partial charge in [-0.1, -0.05) is 0 Å². The third kappa shape index (κ3) is 5.85. The molecule has 11 N–H and O–H groups in total. The highest BCUT2D eigenvalue weighted by molar-refractivity contribution is 5.02. The highest BCUT2D eigenvalue weighted by atomic mass is 16.7. The van der Waals surface area contributed by atoms with E-state index in [1.165, 1.54) is 0 Å². The molecule has 3 fully saturated rings. The van der Waals surface area contributed by atoms with Gasteiger partial charge in [0.05, 0.1) is 24.8 Å². The van der Waals surface area contributed by atoms with Crippen molar-refractivity contribution in [3.8, 4) is 0 Å². The minimum atomic E-state index is -1.29. The Balaban J connectivity index is 1.68. The maximum atomic E-state index is 11.1. The van der Waals surface area contributed by atoms with Gasteiger partial charge in [-0.3, -0.25) is 0 Å². The van der Waals surface area contributed by atoms with Crippen LogP contribution in [-0.2, 0) is 18.9 Å². The number of aliphatic hydroxyl groups is 3. The fraction of sp³-hybridized carbons (Fsp3) is 1.00. The van der Waals surface area contributed by atoms with Gasteiger partial charge >= 0.3 is 0 Å². The Bertz CT molecular complexity index is 632. The topological polar surface area (TPSA) is 200 Å². The zero-order valence-electron chi connectivity index (χ0n) is 20.0. The summed E-state index contributed by atoms with van der Waals surface area (Å²) in [6.45, 7) is 3.52. The third-order valence-corrected chi connectivity index (χ3v) is 7.24. The lowest BCUT2D eigenvalue weighted by Crippen LogP contribution is -2.68. The van der Waals surface area contributed by atoms with Crippen molar-refractivity contribution < 1.29 is 34.3 Å². The fourth-order valence-corrected chi connectivity index (χ4v) is 5.04. The van der Waals surface area contributed by atoms with Gasteiger partial charge in [-0.15, -0.1) is 0 Å². The summed E-state index contributed by atoms with van der Waals surface area (Å²) in [4.78, 5) is 0. The molecule has 1 saturated carbocycles. The molecule has 0 aromatic rings. The smallest absolute Gasteiger partial charge is 0.185 e. The van der Waals surface area contributed by atoms with Gasteiger partial charge < -0.3 is 62.1 Å². The zero-order valence-corrected chi connectivity index (χ0v) is 20.0. The summed E-state index contributed by atoms with van der Waals surface area (Å²) in [7, 11) is 3.49. The Morgan fingerprint density at radius 1 is 0.970 bits per heavy atom. The van der Waals surface area contributed by atoms with Gasteiger partial charge in [0, 0.05) is 18.1 Å². The van der Waals surface area contributed by atoms with Crippen LogP contribution in [0, 0.1) is 0 Å². The van der Waals surface area contributed by atoms with Gasteiger partial charge in [0.25, 0.3) is 0 Å². The predicted molar refractivity (Wildman–Crippen MR) is 120 cm³/mol. The molecule has 1 aliphatic carbocycles. The molecule has 3 aliphatic rings. The summed E-state index contributed by atoms with van der Waals surface area (Å²) in [6.07, 6.45) is -4.22. The molecule has 0 spiro atoms. The minimum absolute atomic E-state index is 0.0620. The van der Waals surface area contributed by atoms with Crippen LogP contribution in [0.1, 0.15) is 33.1 Å². The molecule has 2 saturated heterocycles. The van der Waals surface area contributed by atoms with E-state index in [0.29, 0.717) is 12.8 Å². The first kappa shape index (κ1) is 27.1. The van der Waals surface area contributed by atoms with Crippen LogP contribution in [0.15, 0.2) is 0 Å². The SMILES string of the molecule is CN[C@@H]1[C@@H](O)[C@@H](O[C@@H]2[C@@H](O)[C@H](O[C@@H]3O[C@H]([C@@H](C)NC)CC[C@H]3N)[C@@H](N)C[C@H]2N)OC[C@]1(C)O. The average molecular weight is 478 g/mol. The van der Waals surface area contributed by atoms with Crippen LogP contribution in [0.3, 0.4) is 0 Å². The van der Waals surface area contributed by atoms with Gasteiger partial charge in [-0.25, -0.2) is 0 Å². The summed E-state index contributed by atoms with van der Waals surface area (Å²) < 4.78 is 23.7. The van der Waals surface area contributed by atoms with Gasteiger partial charge in [-0.05, 0) is 47.2 Å². The maximum Gasteiger partial charge on any atom is 0.185 e. The molecule has 0 amide bonds. The molecular weight excluding hydrogens is 434 g/mol. The van der Waals surface area contributed by atoms with Crippen LogP contribution in [0.2, 0.25) is 0 Å². The van der Waals surface area contributed by atoms with E-state index in [0.717, 1.165) is 6.42 Å². The second kappa shape index (κ2) is 11.1. The Labute approximate surface area is 195 Å². The summed E-state index contributed by atoms with van der Waals surface area (Å²) in [5.74, 6) is 0. The Morgan fingerprint density at radius 2 is 1.58 bits per heavy atom. The molecule has 0 bridgehead atoms. The maximum absolute atomic E-state index is 11.1. The summed E-state index contributed by atoms with van der Waals surface area (Å²) in [5.41, 5.74) is 17.5. The number of hydrogen-bond acceptors (Lipinski definition) is 12. The number of rotatable bonds is 7. The van der Waals surface area contributed by atoms with E-state index in [9.17, 15) is 15.3 Å². The Morgan fingerprint density at radius 3 is 2.15 bits per heavy atom. The van der Waals surface area contributed by atoms with Crippen LogP contribution in [0.4, 0.5) is 0 Å². The van der Waals surface area contributed by atoms with E-state index in [2.05, 4.69) is 10.6 Å². The van der Waals surface area contributed by atoms with E-state index in [1.54, 1.807) is 14.0 Å². The fourth-order valence-electron chi connectivity index (χ4n) is 5.04. The van der Waals surface area contributed by atoms with Crippen LogP contribution >= 0.6 is 0 Å². The Kier molecular flexibility index (Phi) is 9.09. The van der Waals surface area contributed by atoms with E-state index >= 15 is 0 Å². The number of aliphatic hydroxyl groups excluding tert-OH is 2. The van der Waals surface area contributed by atoms with Crippen molar-refractivity contribution in [3.63, 3.8) is 0 Å². The number of hydrogen-bond donors (Lipinski definition) is 8. The molecule has 0 aromatic carbocycles. The number of nitrogens with one attached hydrogen (secondary N) is 2. The van der Waals surface area contributed by atoms with Crippen LogP contribution in [0.5, 0.6) is 0 Å². The molecule has 0 unspecified atom stereocenters. The Hall–Kier alpha value is -0.480. The summed E-state index contributed by atoms with van der Waals surface area (Å²) in [5, 5.41) is 38.3. The van der Waals surface area contributed by atoms with Gasteiger partial charge in [0.2, 0.25) is 0 Å². The van der Waals surface area contributed by atoms with Crippen molar-refractivity contribution in [1.82, 2.24) is 10.6 Å². The second-order valence-corrected chi connectivity index (χ2v) is 9.91. The lowest BCUT2D eigenvalue weighted by molar-refractivity contribution is -0.307. The van der Waals surface area contributed by atoms with E-state index < -0.39 is 60.7 Å². The number of nitrogens with two attached hydrogens (primary N) is 3. The first-order chi connectivity index (χ1) is 15.5. The van der Waals surface area contributed by atoms with E-state index in [4.69, 9.17) is 36.1 Å². The van der Waals surface area contributed by atoms with Gasteiger partial charge in [0.1, 0.15) is 30.0 Å². The van der Waals surface area contributed by atoms with Crippen molar-refractivity contribution in [2.45, 2.75) is 112 Å². The summed E-state index contributed by atoms with van der Waals surface area (Å²) in [6, 6.07) is -2.11. The normalized spacial score (nSPS) is 50.2. The van der Waals surface area contributed by atoms with Crippen molar-refractivity contribution in [2.24, 2.45) is 17.2 Å². The van der Waals surface area contributed by atoms with Crippen molar-refractivity contribution in [2.75, 3.05) is 20.7 Å². The van der Waals surface area contributed by atoms with Crippen molar-refractivity contribution in [3.05, 3.63) is 0 Å². The van der Waals surface area contributed by atoms with Crippen LogP contribution in [-0.4, -0.2) is 115 Å². The molecule has 12 heteroatoms. The number of ether oxygens (including phenoxy) is 4. The molecule has 2 aliphatic heterocycles. The van der Waals surface area contributed by atoms with Gasteiger partial charge in [0.15, 0.2) is 12.6 Å². The minimum Gasteiger partial charge on any atom is -0.388 e. The average Bonchev–Trinajstić information content (AvgIpc) is 2.76. The van der Waals surface area contributed by atoms with E-state index in [1.807, 2.05) is 14.0 Å². The molecular formula is C21H43N5O7. The lowest BCUT2D eigenvalue weighted by atomic mass is 9.84. The molecule has 2 heterocycles. The lowest BCUT2D eigenvalue weighted by Gasteiger charge is -2.48. The molecule has 0 aromatic heterocycles. The molecule has 3 rings (SSSR count). The highest BCUT2D eigenvalue weighted by Gasteiger charge is 2.50. The predicted octanol–water partition coefficient (Wildman–Crippen LogP) is -3.33. The molecule has 194 valence electrons. The first-order valence-electron chi connectivity index (χ1n) is 11.8. The number of likely N-dealkylation sites (N-methyl/N-ethyl adjacent to an activating group) is 2. The quantitative estimate of drug-likeness (QED) is 0.182. The molecule has 13 atom stereocenters. The third-order valence-electron chi connectivity index (χ3n) is 7.24. The molecule has 0 radical (unpaired) electrons. The first-order valence-corrected chi connectivity index (χ1v) is 11.8. The summed E-state index contributed by atoms with van der Waals surface area (Å²) >= 11 is 0. The zero-order chi connectivity index (χ0) is 24.5. The van der Waals surface area contributed by atoms with E-state index in [-0.39, 0.29) is 24.8 Å². The van der Waals surface area contributed by atoms with Crippen LogP contribution in [0.25, 0.3) is 0 Å².